The van der Waals surface area contributed by atoms with Gasteiger partial charge in [0.1, 0.15) is 24.5 Å². The molecule has 6 heteroatoms. The number of benzene rings is 2. The SMILES string of the molecule is CN(CC1COc2ccccc2O1)c1ncnc2ccc(O)cc12. The van der Waals surface area contributed by atoms with Crippen LogP contribution in [0.5, 0.6) is 17.2 Å². The molecule has 1 unspecified atom stereocenters. The van der Waals surface area contributed by atoms with Crippen LogP contribution in [0.2, 0.25) is 0 Å². The molecule has 0 saturated carbocycles. The van der Waals surface area contributed by atoms with Gasteiger partial charge >= 0.3 is 0 Å². The minimum absolute atomic E-state index is 0.104. The first-order chi connectivity index (χ1) is 11.7. The van der Waals surface area contributed by atoms with Gasteiger partial charge < -0.3 is 19.5 Å². The molecule has 2 aromatic carbocycles. The van der Waals surface area contributed by atoms with Crippen molar-refractivity contribution in [3.05, 3.63) is 48.8 Å². The van der Waals surface area contributed by atoms with Crippen LogP contribution < -0.4 is 14.4 Å². The summed E-state index contributed by atoms with van der Waals surface area (Å²) in [7, 11) is 1.94. The van der Waals surface area contributed by atoms with Crippen LogP contribution in [0.4, 0.5) is 5.82 Å². The molecule has 24 heavy (non-hydrogen) atoms. The first-order valence-electron chi connectivity index (χ1n) is 7.74. The highest BCUT2D eigenvalue weighted by atomic mass is 16.6. The minimum Gasteiger partial charge on any atom is -0.508 e. The third-order valence-corrected chi connectivity index (χ3v) is 4.00. The Balaban J connectivity index is 1.57. The summed E-state index contributed by atoms with van der Waals surface area (Å²) in [6.45, 7) is 1.09. The highest BCUT2D eigenvalue weighted by molar-refractivity contribution is 5.90. The Labute approximate surface area is 139 Å². The van der Waals surface area contributed by atoms with Crippen molar-refractivity contribution in [3.8, 4) is 17.2 Å². The fourth-order valence-corrected chi connectivity index (χ4v) is 2.88. The van der Waals surface area contributed by atoms with E-state index in [4.69, 9.17) is 9.47 Å². The summed E-state index contributed by atoms with van der Waals surface area (Å²) in [6, 6.07) is 12.7. The summed E-state index contributed by atoms with van der Waals surface area (Å²) in [4.78, 5) is 10.6. The average molecular weight is 323 g/mol. The molecule has 0 spiro atoms. The molecule has 1 aliphatic heterocycles. The normalized spacial score (nSPS) is 16.1. The Morgan fingerprint density at radius 2 is 2.00 bits per heavy atom. The van der Waals surface area contributed by atoms with Crippen molar-refractivity contribution >= 4 is 16.7 Å². The Morgan fingerprint density at radius 3 is 2.88 bits per heavy atom. The number of phenols is 1. The summed E-state index contributed by atoms with van der Waals surface area (Å²) < 4.78 is 11.8. The van der Waals surface area contributed by atoms with Crippen LogP contribution >= 0.6 is 0 Å². The molecule has 3 aromatic rings. The van der Waals surface area contributed by atoms with Gasteiger partial charge in [0.2, 0.25) is 0 Å². The van der Waals surface area contributed by atoms with Gasteiger partial charge in [0.05, 0.1) is 12.1 Å². The van der Waals surface area contributed by atoms with Crippen LogP contribution in [-0.4, -0.2) is 41.4 Å². The Hall–Kier alpha value is -3.02. The lowest BCUT2D eigenvalue weighted by Crippen LogP contribution is -2.39. The molecule has 0 bridgehead atoms. The Bertz CT molecular complexity index is 884. The lowest BCUT2D eigenvalue weighted by atomic mass is 10.2. The predicted octanol–water partition coefficient (Wildman–Crippen LogP) is 2.61. The number of phenolic OH excluding ortho intramolecular Hbond substituents is 1. The van der Waals surface area contributed by atoms with E-state index in [-0.39, 0.29) is 11.9 Å². The summed E-state index contributed by atoms with van der Waals surface area (Å²) in [6.07, 6.45) is 1.42. The van der Waals surface area contributed by atoms with E-state index < -0.39 is 0 Å². The molecule has 6 nitrogen and oxygen atoms in total. The van der Waals surface area contributed by atoms with Crippen molar-refractivity contribution in [2.45, 2.75) is 6.10 Å². The zero-order valence-electron chi connectivity index (χ0n) is 13.2. The lowest BCUT2D eigenvalue weighted by molar-refractivity contribution is 0.0960. The largest absolute Gasteiger partial charge is 0.508 e. The van der Waals surface area contributed by atoms with Gasteiger partial charge in [0, 0.05) is 12.4 Å². The second-order valence-corrected chi connectivity index (χ2v) is 5.78. The van der Waals surface area contributed by atoms with Gasteiger partial charge in [-0.2, -0.15) is 0 Å². The van der Waals surface area contributed by atoms with Crippen LogP contribution in [0, 0.1) is 0 Å². The molecule has 0 radical (unpaired) electrons. The number of fused-ring (bicyclic) bond motifs is 2. The number of nitrogens with zero attached hydrogens (tertiary/aromatic N) is 3. The second-order valence-electron chi connectivity index (χ2n) is 5.78. The van der Waals surface area contributed by atoms with Crippen LogP contribution in [0.15, 0.2) is 48.8 Å². The zero-order chi connectivity index (χ0) is 16.5. The summed E-state index contributed by atoms with van der Waals surface area (Å²) in [5, 5.41) is 10.6. The monoisotopic (exact) mass is 323 g/mol. The summed E-state index contributed by atoms with van der Waals surface area (Å²) in [5.74, 6) is 2.47. The fourth-order valence-electron chi connectivity index (χ4n) is 2.88. The zero-order valence-corrected chi connectivity index (χ0v) is 13.2. The molecule has 0 fully saturated rings. The van der Waals surface area contributed by atoms with Gasteiger partial charge in [-0.25, -0.2) is 9.97 Å². The van der Waals surface area contributed by atoms with Gasteiger partial charge in [-0.15, -0.1) is 0 Å². The maximum atomic E-state index is 9.75. The van der Waals surface area contributed by atoms with E-state index in [1.165, 1.54) is 6.33 Å². The van der Waals surface area contributed by atoms with E-state index in [1.807, 2.05) is 36.2 Å². The number of para-hydroxylation sites is 2. The summed E-state index contributed by atoms with van der Waals surface area (Å²) >= 11 is 0. The predicted molar refractivity (Wildman–Crippen MR) is 90.8 cm³/mol. The van der Waals surface area contributed by atoms with Crippen molar-refractivity contribution in [2.24, 2.45) is 0 Å². The number of aromatic hydroxyl groups is 1. The van der Waals surface area contributed by atoms with Gasteiger partial charge in [-0.1, -0.05) is 12.1 Å². The number of aromatic nitrogens is 2. The van der Waals surface area contributed by atoms with E-state index in [2.05, 4.69) is 9.97 Å². The van der Waals surface area contributed by atoms with E-state index in [0.29, 0.717) is 13.2 Å². The first kappa shape index (κ1) is 14.6. The molecule has 1 aliphatic rings. The van der Waals surface area contributed by atoms with Crippen LogP contribution in [-0.2, 0) is 0 Å². The van der Waals surface area contributed by atoms with Gasteiger partial charge in [-0.05, 0) is 30.3 Å². The molecule has 2 heterocycles. The average Bonchev–Trinajstić information content (AvgIpc) is 2.61. The highest BCUT2D eigenvalue weighted by Gasteiger charge is 2.23. The van der Waals surface area contributed by atoms with Crippen molar-refractivity contribution in [1.82, 2.24) is 9.97 Å². The number of hydrogen-bond donors (Lipinski definition) is 1. The molecule has 1 atom stereocenters. The van der Waals surface area contributed by atoms with Crippen molar-refractivity contribution in [1.29, 1.82) is 0 Å². The number of anilines is 1. The van der Waals surface area contributed by atoms with E-state index in [9.17, 15) is 5.11 Å². The van der Waals surface area contributed by atoms with Gasteiger partial charge in [0.15, 0.2) is 17.6 Å². The number of rotatable bonds is 3. The molecule has 0 saturated heterocycles. The van der Waals surface area contributed by atoms with E-state index in [0.717, 1.165) is 28.2 Å². The third kappa shape index (κ3) is 2.67. The molecule has 1 aromatic heterocycles. The molecular formula is C18H17N3O3. The third-order valence-electron chi connectivity index (χ3n) is 4.00. The Kier molecular flexibility index (Phi) is 3.57. The fraction of sp³-hybridized carbons (Fsp3) is 0.222. The van der Waals surface area contributed by atoms with Crippen LogP contribution in [0.25, 0.3) is 10.9 Å². The topological polar surface area (TPSA) is 67.7 Å². The number of ether oxygens (including phenoxy) is 2. The quantitative estimate of drug-likeness (QED) is 0.799. The molecule has 122 valence electrons. The Morgan fingerprint density at radius 1 is 1.17 bits per heavy atom. The van der Waals surface area contributed by atoms with Crippen molar-refractivity contribution in [3.63, 3.8) is 0 Å². The molecule has 0 aliphatic carbocycles. The van der Waals surface area contributed by atoms with Crippen molar-refractivity contribution < 1.29 is 14.6 Å². The maximum Gasteiger partial charge on any atom is 0.161 e. The second kappa shape index (κ2) is 5.88. The number of hydrogen-bond acceptors (Lipinski definition) is 6. The van der Waals surface area contributed by atoms with Crippen molar-refractivity contribution in [2.75, 3.05) is 25.1 Å². The lowest BCUT2D eigenvalue weighted by Gasteiger charge is -2.30. The smallest absolute Gasteiger partial charge is 0.161 e. The van der Waals surface area contributed by atoms with E-state index >= 15 is 0 Å². The molecule has 1 N–H and O–H groups in total. The van der Waals surface area contributed by atoms with Gasteiger partial charge in [0.25, 0.3) is 0 Å². The highest BCUT2D eigenvalue weighted by Crippen LogP contribution is 2.32. The van der Waals surface area contributed by atoms with Gasteiger partial charge in [-0.3, -0.25) is 0 Å². The van der Waals surface area contributed by atoms with E-state index in [1.54, 1.807) is 18.2 Å². The molecule has 0 amide bonds. The van der Waals surface area contributed by atoms with Crippen LogP contribution in [0.1, 0.15) is 0 Å². The van der Waals surface area contributed by atoms with Crippen LogP contribution in [0.3, 0.4) is 0 Å². The first-order valence-corrected chi connectivity index (χ1v) is 7.74. The summed E-state index contributed by atoms with van der Waals surface area (Å²) in [5.41, 5.74) is 0.788. The number of likely N-dealkylation sites (N-methyl/N-ethyl adjacent to an activating group) is 1. The molecular weight excluding hydrogens is 306 g/mol. The maximum absolute atomic E-state index is 9.75. The molecule has 4 rings (SSSR count). The minimum atomic E-state index is -0.104. The standard InChI is InChI=1S/C18H17N3O3/c1-21(9-13-10-23-16-4-2-3-5-17(16)24-13)18-14-8-12(22)6-7-15(14)19-11-20-18/h2-8,11,13,22H,9-10H2,1H3.